The van der Waals surface area contributed by atoms with Gasteiger partial charge >= 0.3 is 0 Å². The third-order valence-electron chi connectivity index (χ3n) is 3.33. The van der Waals surface area contributed by atoms with Gasteiger partial charge in [-0.2, -0.15) is 0 Å². The molecule has 0 amide bonds. The number of hydrogen-bond donors (Lipinski definition) is 2. The third-order valence-corrected chi connectivity index (χ3v) is 3.33. The molecule has 96 valence electrons. The minimum Gasteiger partial charge on any atom is -0.326 e. The molecule has 4 heteroatoms. The fourth-order valence-corrected chi connectivity index (χ4v) is 2.30. The summed E-state index contributed by atoms with van der Waals surface area (Å²) in [7, 11) is 0. The summed E-state index contributed by atoms with van der Waals surface area (Å²) in [6, 6.07) is 7.45. The summed E-state index contributed by atoms with van der Waals surface area (Å²) < 4.78 is 13.4. The third kappa shape index (κ3) is 3.95. The Morgan fingerprint density at radius 3 is 2.65 bits per heavy atom. The van der Waals surface area contributed by atoms with Gasteiger partial charge in [0.2, 0.25) is 0 Å². The molecule has 1 aliphatic carbocycles. The summed E-state index contributed by atoms with van der Waals surface area (Å²) in [6.45, 7) is 0.574. The Bertz CT molecular complexity index is 346. The molecule has 3 N–H and O–H groups in total. The zero-order valence-corrected chi connectivity index (χ0v) is 10.7. The zero-order chi connectivity index (χ0) is 11.4. The van der Waals surface area contributed by atoms with Crippen molar-refractivity contribution in [3.63, 3.8) is 0 Å². The number of nitrogens with two attached hydrogens (primary N) is 1. The fraction of sp³-hybridized carbons (Fsp3) is 0.538. The van der Waals surface area contributed by atoms with Gasteiger partial charge < -0.3 is 11.1 Å². The average Bonchev–Trinajstić information content (AvgIpc) is 2.30. The Labute approximate surface area is 108 Å². The van der Waals surface area contributed by atoms with Gasteiger partial charge in [0.05, 0.1) is 0 Å². The maximum atomic E-state index is 13.4. The maximum Gasteiger partial charge on any atom is 0.127 e. The van der Waals surface area contributed by atoms with E-state index in [1.807, 2.05) is 12.1 Å². The van der Waals surface area contributed by atoms with Crippen LogP contribution in [-0.4, -0.2) is 12.1 Å². The molecule has 1 saturated carbocycles. The van der Waals surface area contributed by atoms with Gasteiger partial charge in [-0.3, -0.25) is 0 Å². The van der Waals surface area contributed by atoms with Crippen LogP contribution in [0.25, 0.3) is 0 Å². The van der Waals surface area contributed by atoms with Crippen LogP contribution in [0.4, 0.5) is 4.39 Å². The molecule has 0 bridgehead atoms. The van der Waals surface area contributed by atoms with E-state index >= 15 is 0 Å². The van der Waals surface area contributed by atoms with E-state index in [-0.39, 0.29) is 24.3 Å². The molecular formula is C13H20ClFN2. The number of hydrogen-bond acceptors (Lipinski definition) is 2. The van der Waals surface area contributed by atoms with Crippen molar-refractivity contribution in [3.8, 4) is 0 Å². The lowest BCUT2D eigenvalue weighted by Crippen LogP contribution is -2.46. The van der Waals surface area contributed by atoms with Crippen molar-refractivity contribution in [2.45, 2.75) is 44.3 Å². The van der Waals surface area contributed by atoms with Crippen molar-refractivity contribution in [2.75, 3.05) is 0 Å². The van der Waals surface area contributed by atoms with Crippen LogP contribution in [-0.2, 0) is 6.54 Å². The average molecular weight is 259 g/mol. The van der Waals surface area contributed by atoms with E-state index in [2.05, 4.69) is 5.32 Å². The molecule has 0 aromatic heterocycles. The van der Waals surface area contributed by atoms with Crippen LogP contribution in [0.1, 0.15) is 31.2 Å². The van der Waals surface area contributed by atoms with Crippen LogP contribution in [0.15, 0.2) is 24.3 Å². The smallest absolute Gasteiger partial charge is 0.127 e. The van der Waals surface area contributed by atoms with Gasteiger partial charge in [-0.15, -0.1) is 12.4 Å². The quantitative estimate of drug-likeness (QED) is 0.875. The molecule has 2 atom stereocenters. The maximum absolute atomic E-state index is 13.4. The van der Waals surface area contributed by atoms with Crippen LogP contribution in [0, 0.1) is 5.82 Å². The Morgan fingerprint density at radius 2 is 1.94 bits per heavy atom. The van der Waals surface area contributed by atoms with Gasteiger partial charge in [0.25, 0.3) is 0 Å². The predicted molar refractivity (Wildman–Crippen MR) is 70.7 cm³/mol. The molecule has 0 heterocycles. The Balaban J connectivity index is 0.00000144. The first kappa shape index (κ1) is 14.4. The first-order valence-electron chi connectivity index (χ1n) is 6.00. The molecule has 1 aliphatic rings. The molecule has 2 nitrogen and oxygen atoms in total. The molecule has 1 fully saturated rings. The number of benzene rings is 1. The summed E-state index contributed by atoms with van der Waals surface area (Å²) in [5.74, 6) is -0.139. The van der Waals surface area contributed by atoms with Gasteiger partial charge in [-0.05, 0) is 18.9 Å². The lowest BCUT2D eigenvalue weighted by molar-refractivity contribution is 0.325. The molecule has 0 saturated heterocycles. The summed E-state index contributed by atoms with van der Waals surface area (Å²) >= 11 is 0. The molecule has 0 aliphatic heterocycles. The zero-order valence-electron chi connectivity index (χ0n) is 9.86. The van der Waals surface area contributed by atoms with Gasteiger partial charge in [0.15, 0.2) is 0 Å². The predicted octanol–water partition coefficient (Wildman–Crippen LogP) is 2.61. The highest BCUT2D eigenvalue weighted by atomic mass is 35.5. The van der Waals surface area contributed by atoms with Gasteiger partial charge in [0, 0.05) is 24.2 Å². The molecule has 0 radical (unpaired) electrons. The number of halogens is 2. The minimum atomic E-state index is -0.139. The van der Waals surface area contributed by atoms with E-state index in [4.69, 9.17) is 5.73 Å². The monoisotopic (exact) mass is 258 g/mol. The molecule has 1 aromatic rings. The normalized spacial score (nSPS) is 24.1. The largest absolute Gasteiger partial charge is 0.326 e. The highest BCUT2D eigenvalue weighted by Gasteiger charge is 2.21. The summed E-state index contributed by atoms with van der Waals surface area (Å²) in [5, 5.41) is 3.36. The van der Waals surface area contributed by atoms with Crippen LogP contribution < -0.4 is 11.1 Å². The van der Waals surface area contributed by atoms with Crippen molar-refractivity contribution >= 4 is 12.4 Å². The van der Waals surface area contributed by atoms with Crippen LogP contribution in [0.5, 0.6) is 0 Å². The van der Waals surface area contributed by atoms with E-state index in [1.165, 1.54) is 18.9 Å². The fourth-order valence-electron chi connectivity index (χ4n) is 2.30. The minimum absolute atomic E-state index is 0. The van der Waals surface area contributed by atoms with E-state index < -0.39 is 0 Å². The van der Waals surface area contributed by atoms with Gasteiger partial charge in [0.1, 0.15) is 5.82 Å². The summed E-state index contributed by atoms with van der Waals surface area (Å²) in [5.41, 5.74) is 6.75. The highest BCUT2D eigenvalue weighted by molar-refractivity contribution is 5.85. The topological polar surface area (TPSA) is 38.0 Å². The van der Waals surface area contributed by atoms with Gasteiger partial charge in [-0.1, -0.05) is 31.0 Å². The Hall–Kier alpha value is -0.640. The summed E-state index contributed by atoms with van der Waals surface area (Å²) in [6.07, 6.45) is 4.63. The van der Waals surface area contributed by atoms with Crippen LogP contribution >= 0.6 is 12.4 Å². The Morgan fingerprint density at radius 1 is 1.24 bits per heavy atom. The highest BCUT2D eigenvalue weighted by Crippen LogP contribution is 2.17. The van der Waals surface area contributed by atoms with E-state index in [0.717, 1.165) is 18.4 Å². The number of rotatable bonds is 3. The second kappa shape index (κ2) is 6.94. The van der Waals surface area contributed by atoms with Crippen LogP contribution in [0.2, 0.25) is 0 Å². The van der Waals surface area contributed by atoms with E-state index in [0.29, 0.717) is 12.6 Å². The molecule has 2 rings (SSSR count). The first-order valence-corrected chi connectivity index (χ1v) is 6.00. The van der Waals surface area contributed by atoms with Crippen molar-refractivity contribution in [2.24, 2.45) is 5.73 Å². The molecule has 0 spiro atoms. The van der Waals surface area contributed by atoms with Crippen molar-refractivity contribution in [1.29, 1.82) is 0 Å². The second-order valence-electron chi connectivity index (χ2n) is 4.53. The molecular weight excluding hydrogens is 239 g/mol. The van der Waals surface area contributed by atoms with Crippen LogP contribution in [0.3, 0.4) is 0 Å². The lowest BCUT2D eigenvalue weighted by Gasteiger charge is -2.29. The van der Waals surface area contributed by atoms with Gasteiger partial charge in [-0.25, -0.2) is 4.39 Å². The van der Waals surface area contributed by atoms with E-state index in [9.17, 15) is 4.39 Å². The standard InChI is InChI=1S/C13H19FN2.ClH/c14-11-6-2-1-5-10(11)9-16-13-8-4-3-7-12(13)15;/h1-2,5-6,12-13,16H,3-4,7-9,15H2;1H. The Kier molecular flexibility index (Phi) is 5.89. The molecule has 1 aromatic carbocycles. The first-order chi connectivity index (χ1) is 7.77. The number of nitrogens with one attached hydrogen (secondary N) is 1. The summed E-state index contributed by atoms with van der Waals surface area (Å²) in [4.78, 5) is 0. The molecule has 2 unspecified atom stereocenters. The van der Waals surface area contributed by atoms with Crippen molar-refractivity contribution < 1.29 is 4.39 Å². The lowest BCUT2D eigenvalue weighted by atomic mass is 9.91. The van der Waals surface area contributed by atoms with Crippen molar-refractivity contribution in [3.05, 3.63) is 35.6 Å². The molecule has 17 heavy (non-hydrogen) atoms. The SMILES string of the molecule is Cl.NC1CCCCC1NCc1ccccc1F. The van der Waals surface area contributed by atoms with E-state index in [1.54, 1.807) is 6.07 Å². The van der Waals surface area contributed by atoms with Crippen molar-refractivity contribution in [1.82, 2.24) is 5.32 Å². The second-order valence-corrected chi connectivity index (χ2v) is 4.53.